The lowest BCUT2D eigenvalue weighted by Gasteiger charge is -2.59. The molecule has 22 heavy (non-hydrogen) atoms. The first-order chi connectivity index (χ1) is 10.5. The summed E-state index contributed by atoms with van der Waals surface area (Å²) in [5.41, 5.74) is -0.761. The highest BCUT2D eigenvalue weighted by Gasteiger charge is 2.61. The summed E-state index contributed by atoms with van der Waals surface area (Å²) in [4.78, 5) is 17.0. The summed E-state index contributed by atoms with van der Waals surface area (Å²) in [5.74, 6) is 1.61. The molecule has 2 amide bonds. The van der Waals surface area contributed by atoms with Gasteiger partial charge >= 0.3 is 6.03 Å². The van der Waals surface area contributed by atoms with Crippen LogP contribution in [0, 0.1) is 17.8 Å². The van der Waals surface area contributed by atoms with Crippen molar-refractivity contribution in [1.82, 2.24) is 9.80 Å². The Kier molecular flexibility index (Phi) is 2.58. The molecule has 6 fully saturated rings. The zero-order chi connectivity index (χ0) is 15.1. The van der Waals surface area contributed by atoms with Gasteiger partial charge in [0.15, 0.2) is 0 Å². The smallest absolute Gasteiger partial charge is 0.320 e. The molecule has 4 aliphatic carbocycles. The number of nitrogens with zero attached hydrogens (tertiary/aromatic N) is 2. The van der Waals surface area contributed by atoms with Crippen molar-refractivity contribution in [2.75, 3.05) is 19.7 Å². The standard InChI is InChI=1S/C17H26N2O3/c20-10-16-2-1-3-19(16)15(21)18(9-16)14-12-4-11-5-13(14)8-17(22,6-11)7-12/h11-14,20,22H,1-10H2. The molecule has 0 aromatic rings. The van der Waals surface area contributed by atoms with Crippen LogP contribution in [0.5, 0.6) is 0 Å². The largest absolute Gasteiger partial charge is 0.394 e. The van der Waals surface area contributed by atoms with Crippen LogP contribution >= 0.6 is 0 Å². The van der Waals surface area contributed by atoms with E-state index in [1.165, 1.54) is 12.8 Å². The topological polar surface area (TPSA) is 64.0 Å². The summed E-state index contributed by atoms with van der Waals surface area (Å²) in [6.07, 6.45) is 7.03. The molecular formula is C17H26N2O3. The molecule has 2 aliphatic heterocycles. The Balaban J connectivity index is 1.45. The molecule has 0 radical (unpaired) electrons. The molecule has 0 aromatic heterocycles. The van der Waals surface area contributed by atoms with Gasteiger partial charge in [-0.05, 0) is 62.7 Å². The van der Waals surface area contributed by atoms with Crippen LogP contribution in [0.2, 0.25) is 0 Å². The van der Waals surface area contributed by atoms with Gasteiger partial charge in [-0.25, -0.2) is 4.79 Å². The van der Waals surface area contributed by atoms with Gasteiger partial charge in [0.1, 0.15) is 0 Å². The molecule has 3 atom stereocenters. The molecule has 2 saturated heterocycles. The van der Waals surface area contributed by atoms with Crippen molar-refractivity contribution in [2.45, 2.75) is 62.1 Å². The van der Waals surface area contributed by atoms with Gasteiger partial charge in [0.25, 0.3) is 0 Å². The molecule has 122 valence electrons. The fourth-order valence-corrected chi connectivity index (χ4v) is 6.85. The third kappa shape index (κ3) is 1.59. The van der Waals surface area contributed by atoms with Crippen molar-refractivity contribution in [2.24, 2.45) is 17.8 Å². The maximum Gasteiger partial charge on any atom is 0.320 e. The second kappa shape index (κ2) is 4.18. The average molecular weight is 306 g/mol. The van der Waals surface area contributed by atoms with Crippen molar-refractivity contribution in [3.8, 4) is 0 Å². The first-order valence-corrected chi connectivity index (χ1v) is 8.95. The van der Waals surface area contributed by atoms with Gasteiger partial charge in [0.05, 0.1) is 17.7 Å². The Morgan fingerprint density at radius 1 is 1.18 bits per heavy atom. The number of carbonyl (C=O) groups is 1. The van der Waals surface area contributed by atoms with Gasteiger partial charge in [0, 0.05) is 19.1 Å². The Bertz CT molecular complexity index is 508. The molecule has 4 bridgehead atoms. The maximum absolute atomic E-state index is 12.9. The van der Waals surface area contributed by atoms with Crippen molar-refractivity contribution in [3.63, 3.8) is 0 Å². The highest BCUT2D eigenvalue weighted by Crippen LogP contribution is 2.58. The average Bonchev–Trinajstić information content (AvgIpc) is 2.97. The number of hydrogen-bond acceptors (Lipinski definition) is 3. The van der Waals surface area contributed by atoms with Crippen LogP contribution in [0.25, 0.3) is 0 Å². The normalized spacial score (nSPS) is 52.7. The van der Waals surface area contributed by atoms with Gasteiger partial charge in [-0.15, -0.1) is 0 Å². The fourth-order valence-electron chi connectivity index (χ4n) is 6.85. The monoisotopic (exact) mass is 306 g/mol. The Labute approximate surface area is 131 Å². The number of urea groups is 1. The molecule has 6 rings (SSSR count). The number of carbonyl (C=O) groups excluding carboxylic acids is 1. The minimum atomic E-state index is -0.444. The van der Waals surface area contributed by atoms with E-state index >= 15 is 0 Å². The predicted octanol–water partition coefficient (Wildman–Crippen LogP) is 1.19. The van der Waals surface area contributed by atoms with Crippen LogP contribution in [0.3, 0.4) is 0 Å². The van der Waals surface area contributed by atoms with Gasteiger partial charge in [-0.3, -0.25) is 0 Å². The van der Waals surface area contributed by atoms with Crippen LogP contribution in [0.4, 0.5) is 4.79 Å². The van der Waals surface area contributed by atoms with Gasteiger partial charge in [-0.2, -0.15) is 0 Å². The van der Waals surface area contributed by atoms with E-state index in [9.17, 15) is 15.0 Å². The van der Waals surface area contributed by atoms with E-state index in [4.69, 9.17) is 0 Å². The summed E-state index contributed by atoms with van der Waals surface area (Å²) in [6.45, 7) is 1.58. The Morgan fingerprint density at radius 3 is 2.50 bits per heavy atom. The van der Waals surface area contributed by atoms with E-state index in [0.29, 0.717) is 30.3 Å². The van der Waals surface area contributed by atoms with E-state index in [0.717, 1.165) is 38.6 Å². The molecule has 2 heterocycles. The van der Waals surface area contributed by atoms with E-state index in [-0.39, 0.29) is 18.2 Å². The molecule has 4 saturated carbocycles. The fraction of sp³-hybridized carbons (Fsp3) is 0.941. The minimum Gasteiger partial charge on any atom is -0.394 e. The summed E-state index contributed by atoms with van der Waals surface area (Å²) < 4.78 is 0. The zero-order valence-electron chi connectivity index (χ0n) is 13.1. The molecule has 6 aliphatic rings. The lowest BCUT2D eigenvalue weighted by Crippen LogP contribution is -2.62. The van der Waals surface area contributed by atoms with Crippen molar-refractivity contribution < 1.29 is 15.0 Å². The highest BCUT2D eigenvalue weighted by molar-refractivity contribution is 5.79. The van der Waals surface area contributed by atoms with Gasteiger partial charge < -0.3 is 20.0 Å². The van der Waals surface area contributed by atoms with Crippen molar-refractivity contribution in [1.29, 1.82) is 0 Å². The number of hydrogen-bond donors (Lipinski definition) is 2. The number of fused-ring (bicyclic) bond motifs is 1. The lowest BCUT2D eigenvalue weighted by molar-refractivity contribution is -0.153. The summed E-state index contributed by atoms with van der Waals surface area (Å²) in [7, 11) is 0. The maximum atomic E-state index is 12.9. The van der Waals surface area contributed by atoms with E-state index in [1.807, 2.05) is 4.90 Å². The molecule has 5 nitrogen and oxygen atoms in total. The molecule has 2 N–H and O–H groups in total. The number of aliphatic hydroxyl groups excluding tert-OH is 1. The SMILES string of the molecule is O=C1N(C2C3CC4CC2CC(O)(C4)C3)CC2(CO)CCCN12. The number of aliphatic hydroxyl groups is 2. The predicted molar refractivity (Wildman–Crippen MR) is 80.2 cm³/mol. The van der Waals surface area contributed by atoms with Gasteiger partial charge in [0.2, 0.25) is 0 Å². The van der Waals surface area contributed by atoms with Crippen molar-refractivity contribution in [3.05, 3.63) is 0 Å². The van der Waals surface area contributed by atoms with Crippen LogP contribution in [0.15, 0.2) is 0 Å². The summed E-state index contributed by atoms with van der Waals surface area (Å²) >= 11 is 0. The van der Waals surface area contributed by atoms with Gasteiger partial charge in [-0.1, -0.05) is 0 Å². The number of rotatable bonds is 2. The van der Waals surface area contributed by atoms with Crippen LogP contribution < -0.4 is 0 Å². The van der Waals surface area contributed by atoms with E-state index in [2.05, 4.69) is 4.90 Å². The molecule has 0 spiro atoms. The van der Waals surface area contributed by atoms with Crippen LogP contribution in [-0.2, 0) is 0 Å². The third-order valence-electron chi connectivity index (χ3n) is 7.38. The van der Waals surface area contributed by atoms with E-state index in [1.54, 1.807) is 0 Å². The molecular weight excluding hydrogens is 280 g/mol. The van der Waals surface area contributed by atoms with Crippen molar-refractivity contribution >= 4 is 6.03 Å². The Hall–Kier alpha value is -0.810. The minimum absolute atomic E-state index is 0.0872. The first kappa shape index (κ1) is 13.6. The Morgan fingerprint density at radius 2 is 1.91 bits per heavy atom. The van der Waals surface area contributed by atoms with Crippen LogP contribution in [0.1, 0.15) is 44.9 Å². The summed E-state index contributed by atoms with van der Waals surface area (Å²) in [6, 6.07) is 0.453. The summed E-state index contributed by atoms with van der Waals surface area (Å²) in [5, 5.41) is 20.6. The highest BCUT2D eigenvalue weighted by atomic mass is 16.3. The quantitative estimate of drug-likeness (QED) is 0.805. The molecule has 3 unspecified atom stereocenters. The van der Waals surface area contributed by atoms with E-state index < -0.39 is 5.60 Å². The molecule has 0 aromatic carbocycles. The van der Waals surface area contributed by atoms with Crippen LogP contribution in [-0.4, -0.2) is 62.9 Å². The second-order valence-corrected chi connectivity index (χ2v) is 8.73. The lowest BCUT2D eigenvalue weighted by atomic mass is 9.52. The zero-order valence-corrected chi connectivity index (χ0v) is 13.1. The first-order valence-electron chi connectivity index (χ1n) is 8.95. The second-order valence-electron chi connectivity index (χ2n) is 8.73. The number of amides is 2. The third-order valence-corrected chi connectivity index (χ3v) is 7.38. The molecule has 5 heteroatoms.